The molecular formula is C15H23NO2. The highest BCUT2D eigenvalue weighted by molar-refractivity contribution is 5.47. The van der Waals surface area contributed by atoms with Gasteiger partial charge in [0.15, 0.2) is 11.5 Å². The molecule has 0 spiro atoms. The van der Waals surface area contributed by atoms with Gasteiger partial charge in [-0.1, -0.05) is 24.3 Å². The van der Waals surface area contributed by atoms with Crippen LogP contribution in [0.15, 0.2) is 30.4 Å². The summed E-state index contributed by atoms with van der Waals surface area (Å²) in [5.41, 5.74) is 6.96. The molecule has 1 rings (SSSR count). The van der Waals surface area contributed by atoms with Gasteiger partial charge in [-0.3, -0.25) is 0 Å². The van der Waals surface area contributed by atoms with Gasteiger partial charge in [-0.25, -0.2) is 0 Å². The zero-order valence-electron chi connectivity index (χ0n) is 11.5. The van der Waals surface area contributed by atoms with Crippen LogP contribution < -0.4 is 15.2 Å². The monoisotopic (exact) mass is 249 g/mol. The van der Waals surface area contributed by atoms with Crippen molar-refractivity contribution < 1.29 is 9.47 Å². The molecule has 18 heavy (non-hydrogen) atoms. The van der Waals surface area contributed by atoms with Gasteiger partial charge in [0.2, 0.25) is 0 Å². The molecule has 0 bridgehead atoms. The van der Waals surface area contributed by atoms with Crippen LogP contribution in [0.2, 0.25) is 0 Å². The maximum Gasteiger partial charge on any atom is 0.164 e. The first-order valence-electron chi connectivity index (χ1n) is 6.43. The lowest BCUT2D eigenvalue weighted by Crippen LogP contribution is -2.18. The third kappa shape index (κ3) is 4.41. The van der Waals surface area contributed by atoms with E-state index in [1.807, 2.05) is 51.1 Å². The number of hydrogen-bond acceptors (Lipinski definition) is 3. The van der Waals surface area contributed by atoms with Crippen LogP contribution in [0.4, 0.5) is 0 Å². The predicted molar refractivity (Wildman–Crippen MR) is 75.3 cm³/mol. The third-order valence-electron chi connectivity index (χ3n) is 2.46. The van der Waals surface area contributed by atoms with Crippen LogP contribution in [0.25, 0.3) is 0 Å². The van der Waals surface area contributed by atoms with E-state index in [0.717, 1.165) is 23.5 Å². The molecule has 0 aromatic heterocycles. The van der Waals surface area contributed by atoms with E-state index in [9.17, 15) is 0 Å². The normalized spacial score (nSPS) is 12.7. The molecule has 100 valence electrons. The maximum atomic E-state index is 5.86. The summed E-state index contributed by atoms with van der Waals surface area (Å²) in [7, 11) is 0. The van der Waals surface area contributed by atoms with Crippen LogP contribution in [0.3, 0.4) is 0 Å². The first kappa shape index (κ1) is 14.6. The zero-order chi connectivity index (χ0) is 13.4. The quantitative estimate of drug-likeness (QED) is 0.756. The molecule has 0 radical (unpaired) electrons. The van der Waals surface area contributed by atoms with Crippen molar-refractivity contribution in [1.29, 1.82) is 0 Å². The second-order valence-corrected chi connectivity index (χ2v) is 4.24. The fourth-order valence-electron chi connectivity index (χ4n) is 1.73. The standard InChI is InChI=1S/C15H23NO2/c1-4-6-10-18-15-13(11-12(3)16)8-7-9-14(15)17-5-2/h4,6-9,12H,5,10-11,16H2,1-3H3/b6-4+. The second kappa shape index (κ2) is 7.77. The van der Waals surface area contributed by atoms with Crippen molar-refractivity contribution in [1.82, 2.24) is 0 Å². The number of nitrogens with two attached hydrogens (primary N) is 1. The molecule has 1 atom stereocenters. The van der Waals surface area contributed by atoms with E-state index < -0.39 is 0 Å². The summed E-state index contributed by atoms with van der Waals surface area (Å²) in [6.07, 6.45) is 4.72. The average Bonchev–Trinajstić information content (AvgIpc) is 2.32. The summed E-state index contributed by atoms with van der Waals surface area (Å²) >= 11 is 0. The fourth-order valence-corrected chi connectivity index (χ4v) is 1.73. The van der Waals surface area contributed by atoms with Gasteiger partial charge >= 0.3 is 0 Å². The highest BCUT2D eigenvalue weighted by Gasteiger charge is 2.11. The van der Waals surface area contributed by atoms with Gasteiger partial charge in [-0.15, -0.1) is 0 Å². The molecule has 0 amide bonds. The van der Waals surface area contributed by atoms with Crippen molar-refractivity contribution in [3.05, 3.63) is 35.9 Å². The lowest BCUT2D eigenvalue weighted by Gasteiger charge is -2.16. The van der Waals surface area contributed by atoms with Gasteiger partial charge in [-0.05, 0) is 38.8 Å². The molecule has 0 aliphatic heterocycles. The van der Waals surface area contributed by atoms with Crippen LogP contribution in [0.1, 0.15) is 26.3 Å². The van der Waals surface area contributed by atoms with E-state index in [0.29, 0.717) is 13.2 Å². The molecule has 0 fully saturated rings. The Bertz CT molecular complexity index is 386. The van der Waals surface area contributed by atoms with E-state index >= 15 is 0 Å². The van der Waals surface area contributed by atoms with Gasteiger partial charge in [0.1, 0.15) is 6.61 Å². The lowest BCUT2D eigenvalue weighted by atomic mass is 10.1. The molecule has 3 heteroatoms. The number of rotatable bonds is 7. The van der Waals surface area contributed by atoms with Gasteiger partial charge in [-0.2, -0.15) is 0 Å². The number of ether oxygens (including phenoxy) is 2. The Morgan fingerprint density at radius 1 is 1.33 bits per heavy atom. The minimum atomic E-state index is 0.103. The van der Waals surface area contributed by atoms with Gasteiger partial charge in [0, 0.05) is 6.04 Å². The van der Waals surface area contributed by atoms with E-state index in [1.54, 1.807) is 0 Å². The van der Waals surface area contributed by atoms with Crippen molar-refractivity contribution in [3.63, 3.8) is 0 Å². The summed E-state index contributed by atoms with van der Waals surface area (Å²) in [5.74, 6) is 1.61. The summed E-state index contributed by atoms with van der Waals surface area (Å²) in [6.45, 7) is 7.10. The molecular weight excluding hydrogens is 226 g/mol. The number of allylic oxidation sites excluding steroid dienone is 1. The zero-order valence-corrected chi connectivity index (χ0v) is 11.5. The van der Waals surface area contributed by atoms with Crippen molar-refractivity contribution in [2.45, 2.75) is 33.2 Å². The maximum absolute atomic E-state index is 5.86. The highest BCUT2D eigenvalue weighted by Crippen LogP contribution is 2.32. The third-order valence-corrected chi connectivity index (χ3v) is 2.46. The second-order valence-electron chi connectivity index (χ2n) is 4.24. The molecule has 2 N–H and O–H groups in total. The van der Waals surface area contributed by atoms with Crippen molar-refractivity contribution in [3.8, 4) is 11.5 Å². The van der Waals surface area contributed by atoms with E-state index in [4.69, 9.17) is 15.2 Å². The fraction of sp³-hybridized carbons (Fsp3) is 0.467. The topological polar surface area (TPSA) is 44.5 Å². The molecule has 1 unspecified atom stereocenters. The number of para-hydroxylation sites is 1. The van der Waals surface area contributed by atoms with Crippen LogP contribution in [0.5, 0.6) is 11.5 Å². The van der Waals surface area contributed by atoms with E-state index in [1.165, 1.54) is 0 Å². The minimum absolute atomic E-state index is 0.103. The Morgan fingerprint density at radius 2 is 2.11 bits per heavy atom. The van der Waals surface area contributed by atoms with Gasteiger partial charge in [0.05, 0.1) is 6.61 Å². The van der Waals surface area contributed by atoms with E-state index in [2.05, 4.69) is 0 Å². The van der Waals surface area contributed by atoms with Crippen LogP contribution >= 0.6 is 0 Å². The SMILES string of the molecule is C/C=C/COc1c(CC(C)N)cccc1OCC. The summed E-state index contributed by atoms with van der Waals surface area (Å²) in [4.78, 5) is 0. The molecule has 0 aliphatic rings. The van der Waals surface area contributed by atoms with Crippen molar-refractivity contribution in [2.75, 3.05) is 13.2 Å². The van der Waals surface area contributed by atoms with Gasteiger partial charge < -0.3 is 15.2 Å². The Labute approximate surface area is 110 Å². The summed E-state index contributed by atoms with van der Waals surface area (Å²) in [6, 6.07) is 6.05. The molecule has 0 heterocycles. The lowest BCUT2D eigenvalue weighted by molar-refractivity contribution is 0.294. The Hall–Kier alpha value is -1.48. The molecule has 1 aromatic carbocycles. The smallest absolute Gasteiger partial charge is 0.164 e. The first-order chi connectivity index (χ1) is 8.69. The van der Waals surface area contributed by atoms with Crippen molar-refractivity contribution in [2.24, 2.45) is 5.73 Å². The highest BCUT2D eigenvalue weighted by atomic mass is 16.5. The van der Waals surface area contributed by atoms with Crippen LogP contribution in [-0.4, -0.2) is 19.3 Å². The Balaban J connectivity index is 2.95. The molecule has 0 saturated carbocycles. The number of benzene rings is 1. The molecule has 1 aromatic rings. The number of hydrogen-bond donors (Lipinski definition) is 1. The van der Waals surface area contributed by atoms with Gasteiger partial charge in [0.25, 0.3) is 0 Å². The summed E-state index contributed by atoms with van der Waals surface area (Å²) < 4.78 is 11.4. The van der Waals surface area contributed by atoms with Crippen molar-refractivity contribution >= 4 is 0 Å². The first-order valence-corrected chi connectivity index (χ1v) is 6.43. The van der Waals surface area contributed by atoms with Crippen LogP contribution in [-0.2, 0) is 6.42 Å². The van der Waals surface area contributed by atoms with E-state index in [-0.39, 0.29) is 6.04 Å². The molecule has 0 aliphatic carbocycles. The Kier molecular flexibility index (Phi) is 6.29. The average molecular weight is 249 g/mol. The van der Waals surface area contributed by atoms with Crippen LogP contribution in [0, 0.1) is 0 Å². The predicted octanol–water partition coefficient (Wildman–Crippen LogP) is 2.93. The summed E-state index contributed by atoms with van der Waals surface area (Å²) in [5, 5.41) is 0. The molecule has 0 saturated heterocycles. The largest absolute Gasteiger partial charge is 0.490 e. The minimum Gasteiger partial charge on any atom is -0.490 e. The Morgan fingerprint density at radius 3 is 2.72 bits per heavy atom. The molecule has 3 nitrogen and oxygen atoms in total.